The maximum Gasteiger partial charge on any atom is 0.340 e. The Balaban J connectivity index is 1.91. The zero-order valence-corrected chi connectivity index (χ0v) is 13.4. The highest BCUT2D eigenvalue weighted by molar-refractivity contribution is 6.31. The predicted molar refractivity (Wildman–Crippen MR) is 90.5 cm³/mol. The smallest absolute Gasteiger partial charge is 0.299 e. The molecular weight excluding hydrogens is 312 g/mol. The average Bonchev–Trinajstić information content (AvgIpc) is 2.96. The monoisotopic (exact) mass is 328 g/mol. The first-order valence-electron chi connectivity index (χ1n) is 7.31. The number of halogens is 1. The van der Waals surface area contributed by atoms with Crippen LogP contribution in [0.4, 0.5) is 0 Å². The summed E-state index contributed by atoms with van der Waals surface area (Å²) in [5.41, 5.74) is 2.97. The topological polar surface area (TPSA) is 73.6 Å². The van der Waals surface area contributed by atoms with Crippen LogP contribution in [0.3, 0.4) is 0 Å². The van der Waals surface area contributed by atoms with E-state index in [1.165, 1.54) is 5.56 Å². The third kappa shape index (κ3) is 3.70. The zero-order valence-electron chi connectivity index (χ0n) is 12.6. The fraction of sp³-hybridized carbons (Fsp3) is 0.176. The lowest BCUT2D eigenvalue weighted by Gasteiger charge is -2.20. The second kappa shape index (κ2) is 6.81. The highest BCUT2D eigenvalue weighted by atomic mass is 35.5. The van der Waals surface area contributed by atoms with Crippen LogP contribution < -0.4 is 11.0 Å². The molecule has 1 aromatic heterocycles. The molecule has 0 radical (unpaired) electrons. The molecule has 0 amide bonds. The van der Waals surface area contributed by atoms with Gasteiger partial charge < -0.3 is 0 Å². The Labute approximate surface area is 138 Å². The molecule has 1 heterocycles. The Bertz CT molecular complexity index is 838. The normalized spacial score (nSPS) is 12.3. The lowest BCUT2D eigenvalue weighted by molar-refractivity contribution is 0.588. The van der Waals surface area contributed by atoms with Crippen molar-refractivity contribution in [3.8, 4) is 0 Å². The van der Waals surface area contributed by atoms with Crippen LogP contribution in [0.1, 0.15) is 28.6 Å². The molecule has 0 bridgehead atoms. The van der Waals surface area contributed by atoms with Gasteiger partial charge in [-0.1, -0.05) is 59.6 Å². The van der Waals surface area contributed by atoms with Crippen molar-refractivity contribution in [3.63, 3.8) is 0 Å². The number of H-pyrrole nitrogens is 2. The third-order valence-corrected chi connectivity index (χ3v) is 3.99. The number of benzene rings is 2. The van der Waals surface area contributed by atoms with E-state index in [1.807, 2.05) is 24.3 Å². The van der Waals surface area contributed by atoms with E-state index in [0.29, 0.717) is 17.4 Å². The van der Waals surface area contributed by atoms with Crippen LogP contribution in [0.15, 0.2) is 53.3 Å². The van der Waals surface area contributed by atoms with Gasteiger partial charge in [-0.15, -0.1) is 0 Å². The highest BCUT2D eigenvalue weighted by Crippen LogP contribution is 2.28. The summed E-state index contributed by atoms with van der Waals surface area (Å²) in [7, 11) is 0. The first-order valence-corrected chi connectivity index (χ1v) is 7.69. The van der Waals surface area contributed by atoms with Crippen LogP contribution in [0.2, 0.25) is 5.02 Å². The molecule has 0 saturated carbocycles. The van der Waals surface area contributed by atoms with Gasteiger partial charge in [-0.2, -0.15) is 5.10 Å². The zero-order chi connectivity index (χ0) is 16.2. The van der Waals surface area contributed by atoms with Crippen molar-refractivity contribution in [2.75, 3.05) is 0 Å². The minimum Gasteiger partial charge on any atom is -0.299 e. The summed E-state index contributed by atoms with van der Waals surface area (Å²) in [6.07, 6.45) is 0. The Morgan fingerprint density at radius 3 is 2.57 bits per heavy atom. The molecule has 3 N–H and O–H groups in total. The summed E-state index contributed by atoms with van der Waals surface area (Å²) >= 11 is 6.37. The van der Waals surface area contributed by atoms with Crippen LogP contribution in [-0.2, 0) is 6.54 Å². The standard InChI is InChI=1S/C17H17ClN4O/c1-11-6-8-12(9-7-11)16(13-4-2-3-5-14(13)18)19-10-15-20-17(23)22-21-15/h2-9,16,19H,10H2,1H3,(H2,20,21,22,23). The minimum atomic E-state index is -0.313. The van der Waals surface area contributed by atoms with E-state index in [9.17, 15) is 4.79 Å². The second-order valence-corrected chi connectivity index (χ2v) is 5.78. The number of nitrogens with zero attached hydrogens (tertiary/aromatic N) is 1. The van der Waals surface area contributed by atoms with Crippen molar-refractivity contribution in [2.45, 2.75) is 19.5 Å². The summed E-state index contributed by atoms with van der Waals surface area (Å²) in [6.45, 7) is 2.47. The first-order chi connectivity index (χ1) is 11.1. The van der Waals surface area contributed by atoms with Crippen molar-refractivity contribution in [1.82, 2.24) is 20.5 Å². The van der Waals surface area contributed by atoms with Gasteiger partial charge in [0.05, 0.1) is 12.6 Å². The molecule has 6 heteroatoms. The number of rotatable bonds is 5. The van der Waals surface area contributed by atoms with E-state index in [-0.39, 0.29) is 11.7 Å². The van der Waals surface area contributed by atoms with Crippen molar-refractivity contribution in [2.24, 2.45) is 0 Å². The van der Waals surface area contributed by atoms with E-state index in [1.54, 1.807) is 0 Å². The van der Waals surface area contributed by atoms with E-state index in [4.69, 9.17) is 11.6 Å². The molecule has 0 saturated heterocycles. The molecule has 5 nitrogen and oxygen atoms in total. The number of hydrogen-bond acceptors (Lipinski definition) is 3. The van der Waals surface area contributed by atoms with Gasteiger partial charge in [-0.3, -0.25) is 10.3 Å². The molecule has 0 spiro atoms. The Morgan fingerprint density at radius 1 is 1.17 bits per heavy atom. The van der Waals surface area contributed by atoms with Gasteiger partial charge in [0.1, 0.15) is 5.82 Å². The van der Waals surface area contributed by atoms with Crippen LogP contribution in [0.25, 0.3) is 0 Å². The highest BCUT2D eigenvalue weighted by Gasteiger charge is 2.17. The van der Waals surface area contributed by atoms with Crippen LogP contribution in [0.5, 0.6) is 0 Å². The molecule has 118 valence electrons. The molecule has 0 aliphatic rings. The first kappa shape index (κ1) is 15.5. The summed E-state index contributed by atoms with van der Waals surface area (Å²) < 4.78 is 0. The van der Waals surface area contributed by atoms with Crippen molar-refractivity contribution < 1.29 is 0 Å². The Morgan fingerprint density at radius 2 is 1.91 bits per heavy atom. The molecule has 0 aliphatic carbocycles. The Kier molecular flexibility index (Phi) is 4.60. The maximum atomic E-state index is 11.1. The van der Waals surface area contributed by atoms with Crippen LogP contribution in [0, 0.1) is 6.92 Å². The molecule has 3 rings (SSSR count). The van der Waals surface area contributed by atoms with Crippen molar-refractivity contribution >= 4 is 11.6 Å². The van der Waals surface area contributed by atoms with E-state index < -0.39 is 0 Å². The van der Waals surface area contributed by atoms with Gasteiger partial charge in [-0.05, 0) is 24.1 Å². The lowest BCUT2D eigenvalue weighted by Crippen LogP contribution is -2.23. The van der Waals surface area contributed by atoms with Gasteiger partial charge in [0, 0.05) is 5.02 Å². The van der Waals surface area contributed by atoms with Crippen molar-refractivity contribution in [3.05, 3.63) is 86.6 Å². The number of aryl methyl sites for hydroxylation is 1. The average molecular weight is 329 g/mol. The fourth-order valence-electron chi connectivity index (χ4n) is 2.46. The quantitative estimate of drug-likeness (QED) is 0.674. The summed E-state index contributed by atoms with van der Waals surface area (Å²) in [5, 5.41) is 10.4. The van der Waals surface area contributed by atoms with Crippen LogP contribution in [-0.4, -0.2) is 15.2 Å². The molecule has 3 aromatic rings. The molecule has 0 aliphatic heterocycles. The molecular formula is C17H17ClN4O. The van der Waals surface area contributed by atoms with Crippen LogP contribution >= 0.6 is 11.6 Å². The molecule has 23 heavy (non-hydrogen) atoms. The van der Waals surface area contributed by atoms with Gasteiger partial charge in [0.15, 0.2) is 0 Å². The number of hydrogen-bond donors (Lipinski definition) is 3. The largest absolute Gasteiger partial charge is 0.340 e. The predicted octanol–water partition coefficient (Wildman–Crippen LogP) is 2.94. The van der Waals surface area contributed by atoms with Gasteiger partial charge in [0.2, 0.25) is 0 Å². The number of aromatic nitrogens is 3. The molecule has 2 aromatic carbocycles. The van der Waals surface area contributed by atoms with E-state index >= 15 is 0 Å². The summed E-state index contributed by atoms with van der Waals surface area (Å²) in [4.78, 5) is 13.8. The third-order valence-electron chi connectivity index (χ3n) is 3.65. The SMILES string of the molecule is Cc1ccc(C(NCc2n[nH]c(=O)[nH]2)c2ccccc2Cl)cc1. The van der Waals surface area contributed by atoms with Gasteiger partial charge in [-0.25, -0.2) is 9.89 Å². The van der Waals surface area contributed by atoms with E-state index in [0.717, 1.165) is 11.1 Å². The molecule has 0 fully saturated rings. The number of nitrogens with one attached hydrogen (secondary N) is 3. The Hall–Kier alpha value is -2.37. The molecule has 1 atom stereocenters. The summed E-state index contributed by atoms with van der Waals surface area (Å²) in [6, 6.07) is 15.9. The second-order valence-electron chi connectivity index (χ2n) is 5.37. The molecule has 1 unspecified atom stereocenters. The summed E-state index contributed by atoms with van der Waals surface area (Å²) in [5.74, 6) is 0.555. The number of aromatic amines is 2. The maximum absolute atomic E-state index is 11.1. The minimum absolute atomic E-state index is 0.0931. The van der Waals surface area contributed by atoms with Gasteiger partial charge >= 0.3 is 5.69 Å². The van der Waals surface area contributed by atoms with Gasteiger partial charge in [0.25, 0.3) is 0 Å². The fourth-order valence-corrected chi connectivity index (χ4v) is 2.71. The van der Waals surface area contributed by atoms with Crippen molar-refractivity contribution in [1.29, 1.82) is 0 Å². The lowest BCUT2D eigenvalue weighted by atomic mass is 9.97. The van der Waals surface area contributed by atoms with E-state index in [2.05, 4.69) is 51.7 Å².